The average Bonchev–Trinajstić information content (AvgIpc) is 2.53. The highest BCUT2D eigenvalue weighted by Crippen LogP contribution is 2.32. The summed E-state index contributed by atoms with van der Waals surface area (Å²) in [6, 6.07) is 10.2. The number of likely N-dealkylation sites (N-methyl/N-ethyl adjacent to an activating group) is 1. The summed E-state index contributed by atoms with van der Waals surface area (Å²) in [6.45, 7) is -0.544. The number of hydrogen-bond donors (Lipinski definition) is 0. The van der Waals surface area contributed by atoms with Gasteiger partial charge in [-0.05, 0) is 35.9 Å². The molecule has 0 aliphatic rings. The molecule has 0 saturated heterocycles. The minimum absolute atomic E-state index is 0.00244. The monoisotopic (exact) mass is 341 g/mol. The Balaban J connectivity index is 1.98. The van der Waals surface area contributed by atoms with Gasteiger partial charge in [0.2, 0.25) is 0 Å². The van der Waals surface area contributed by atoms with Crippen LogP contribution < -0.4 is 4.74 Å². The highest BCUT2D eigenvalue weighted by molar-refractivity contribution is 5.77. The molecule has 1 amide bonds. The predicted molar refractivity (Wildman–Crippen MR) is 79.8 cm³/mol. The van der Waals surface area contributed by atoms with Gasteiger partial charge in [-0.3, -0.25) is 4.79 Å². The van der Waals surface area contributed by atoms with Crippen LogP contribution in [0.4, 0.5) is 17.6 Å². The fourth-order valence-electron chi connectivity index (χ4n) is 2.06. The maximum Gasteiger partial charge on any atom is 0.416 e. The Morgan fingerprint density at radius 1 is 1.08 bits per heavy atom. The summed E-state index contributed by atoms with van der Waals surface area (Å²) >= 11 is 0. The maximum absolute atomic E-state index is 12.9. The van der Waals surface area contributed by atoms with E-state index in [0.29, 0.717) is 5.75 Å². The number of carbonyl (C=O) groups is 1. The summed E-state index contributed by atoms with van der Waals surface area (Å²) in [5.74, 6) is -0.625. The molecule has 0 N–H and O–H groups in total. The van der Waals surface area contributed by atoms with Crippen LogP contribution in [0.15, 0.2) is 48.5 Å². The van der Waals surface area contributed by atoms with Gasteiger partial charge in [0, 0.05) is 13.6 Å². The van der Waals surface area contributed by atoms with Gasteiger partial charge in [0.1, 0.15) is 11.6 Å². The topological polar surface area (TPSA) is 29.5 Å². The zero-order chi connectivity index (χ0) is 17.7. The number of nitrogens with zero attached hydrogens (tertiary/aromatic N) is 1. The summed E-state index contributed by atoms with van der Waals surface area (Å²) in [7, 11) is 1.39. The van der Waals surface area contributed by atoms with Crippen molar-refractivity contribution in [1.29, 1.82) is 0 Å². The average molecular weight is 341 g/mol. The first-order chi connectivity index (χ1) is 11.3. The standard InChI is InChI=1S/C17H15F4NO2/c1-22(10-12-4-2-3-5-15(12)17(19,20)21)16(23)11-24-14-8-6-13(18)7-9-14/h2-9H,10-11H2,1H3. The molecule has 2 rings (SSSR count). The molecule has 0 fully saturated rings. The zero-order valence-electron chi connectivity index (χ0n) is 12.8. The fraction of sp³-hybridized carbons (Fsp3) is 0.235. The van der Waals surface area contributed by atoms with E-state index in [9.17, 15) is 22.4 Å². The first-order valence-corrected chi connectivity index (χ1v) is 7.05. The van der Waals surface area contributed by atoms with E-state index in [1.807, 2.05) is 0 Å². The normalized spacial score (nSPS) is 11.2. The molecular formula is C17H15F4NO2. The van der Waals surface area contributed by atoms with Crippen molar-refractivity contribution in [2.75, 3.05) is 13.7 Å². The highest BCUT2D eigenvalue weighted by Gasteiger charge is 2.33. The molecule has 2 aromatic rings. The highest BCUT2D eigenvalue weighted by atomic mass is 19.4. The number of benzene rings is 2. The third kappa shape index (κ3) is 4.71. The molecule has 0 unspecified atom stereocenters. The first-order valence-electron chi connectivity index (χ1n) is 7.05. The van der Waals surface area contributed by atoms with E-state index >= 15 is 0 Å². The summed E-state index contributed by atoms with van der Waals surface area (Å²) in [6.07, 6.45) is -4.48. The summed E-state index contributed by atoms with van der Waals surface area (Å²) in [5.41, 5.74) is -0.772. The first kappa shape index (κ1) is 17.8. The number of hydrogen-bond acceptors (Lipinski definition) is 2. The van der Waals surface area contributed by atoms with Crippen molar-refractivity contribution in [3.05, 3.63) is 65.5 Å². The molecule has 0 heterocycles. The number of amides is 1. The van der Waals surface area contributed by atoms with E-state index in [4.69, 9.17) is 4.74 Å². The maximum atomic E-state index is 12.9. The fourth-order valence-corrected chi connectivity index (χ4v) is 2.06. The lowest BCUT2D eigenvalue weighted by Crippen LogP contribution is -2.31. The van der Waals surface area contributed by atoms with Crippen molar-refractivity contribution in [3.63, 3.8) is 0 Å². The Labute approximate surface area is 136 Å². The molecule has 0 radical (unpaired) electrons. The molecule has 0 saturated carbocycles. The van der Waals surface area contributed by atoms with Crippen LogP contribution in [0.25, 0.3) is 0 Å². The Hall–Kier alpha value is -2.57. The van der Waals surface area contributed by atoms with E-state index in [0.717, 1.165) is 11.0 Å². The Bertz CT molecular complexity index is 698. The number of ether oxygens (including phenoxy) is 1. The summed E-state index contributed by atoms with van der Waals surface area (Å²) in [5, 5.41) is 0. The van der Waals surface area contributed by atoms with Gasteiger partial charge in [0.05, 0.1) is 5.56 Å². The van der Waals surface area contributed by atoms with Gasteiger partial charge >= 0.3 is 6.18 Å². The summed E-state index contributed by atoms with van der Waals surface area (Å²) in [4.78, 5) is 13.1. The number of halogens is 4. The van der Waals surface area contributed by atoms with Gasteiger partial charge in [0.25, 0.3) is 5.91 Å². The summed E-state index contributed by atoms with van der Waals surface area (Å²) < 4.78 is 56.8. The number of alkyl halides is 3. The van der Waals surface area contributed by atoms with Gasteiger partial charge < -0.3 is 9.64 Å². The van der Waals surface area contributed by atoms with Crippen molar-refractivity contribution >= 4 is 5.91 Å². The van der Waals surface area contributed by atoms with E-state index in [1.54, 1.807) is 0 Å². The van der Waals surface area contributed by atoms with Crippen LogP contribution in [0.5, 0.6) is 5.75 Å². The van der Waals surface area contributed by atoms with Crippen LogP contribution in [-0.4, -0.2) is 24.5 Å². The van der Waals surface area contributed by atoms with Crippen LogP contribution in [0.3, 0.4) is 0 Å². The van der Waals surface area contributed by atoms with Crippen LogP contribution in [0.1, 0.15) is 11.1 Å². The smallest absolute Gasteiger partial charge is 0.416 e. The number of rotatable bonds is 5. The Morgan fingerprint density at radius 2 is 1.71 bits per heavy atom. The molecule has 0 aliphatic heterocycles. The lowest BCUT2D eigenvalue weighted by Gasteiger charge is -2.20. The molecule has 0 aliphatic carbocycles. The SMILES string of the molecule is CN(Cc1ccccc1C(F)(F)F)C(=O)COc1ccc(F)cc1. The molecule has 0 spiro atoms. The second-order valence-corrected chi connectivity index (χ2v) is 5.15. The van der Waals surface area contributed by atoms with Crippen molar-refractivity contribution in [3.8, 4) is 5.75 Å². The second kappa shape index (κ2) is 7.33. The zero-order valence-corrected chi connectivity index (χ0v) is 12.8. The predicted octanol–water partition coefficient (Wildman–Crippen LogP) is 3.88. The van der Waals surface area contributed by atoms with Crippen LogP contribution in [-0.2, 0) is 17.5 Å². The molecule has 0 atom stereocenters. The third-order valence-electron chi connectivity index (χ3n) is 3.33. The second-order valence-electron chi connectivity index (χ2n) is 5.15. The van der Waals surface area contributed by atoms with Crippen molar-refractivity contribution < 1.29 is 27.1 Å². The Morgan fingerprint density at radius 3 is 2.33 bits per heavy atom. The number of carbonyl (C=O) groups excluding carboxylic acids is 1. The van der Waals surface area contributed by atoms with Crippen LogP contribution in [0.2, 0.25) is 0 Å². The Kier molecular flexibility index (Phi) is 5.43. The van der Waals surface area contributed by atoms with Crippen LogP contribution >= 0.6 is 0 Å². The third-order valence-corrected chi connectivity index (χ3v) is 3.33. The lowest BCUT2D eigenvalue weighted by molar-refractivity contribution is -0.140. The van der Waals surface area contributed by atoms with Gasteiger partial charge in [-0.1, -0.05) is 18.2 Å². The quantitative estimate of drug-likeness (QED) is 0.773. The largest absolute Gasteiger partial charge is 0.484 e. The van der Waals surface area contributed by atoms with Gasteiger partial charge in [-0.2, -0.15) is 13.2 Å². The molecule has 0 bridgehead atoms. The van der Waals surface area contributed by atoms with Crippen molar-refractivity contribution in [2.24, 2.45) is 0 Å². The van der Waals surface area contributed by atoms with Gasteiger partial charge in [-0.25, -0.2) is 4.39 Å². The molecule has 3 nitrogen and oxygen atoms in total. The van der Waals surface area contributed by atoms with E-state index in [-0.39, 0.29) is 18.7 Å². The molecule has 0 aromatic heterocycles. The van der Waals surface area contributed by atoms with Gasteiger partial charge in [0.15, 0.2) is 6.61 Å². The molecular weight excluding hydrogens is 326 g/mol. The minimum atomic E-state index is -4.48. The molecule has 7 heteroatoms. The lowest BCUT2D eigenvalue weighted by atomic mass is 10.1. The van der Waals surface area contributed by atoms with Crippen molar-refractivity contribution in [2.45, 2.75) is 12.7 Å². The van der Waals surface area contributed by atoms with Gasteiger partial charge in [-0.15, -0.1) is 0 Å². The minimum Gasteiger partial charge on any atom is -0.484 e. The van der Waals surface area contributed by atoms with E-state index in [2.05, 4.69) is 0 Å². The van der Waals surface area contributed by atoms with Crippen LogP contribution in [0, 0.1) is 5.82 Å². The molecule has 128 valence electrons. The molecule has 2 aromatic carbocycles. The van der Waals surface area contributed by atoms with E-state index < -0.39 is 23.5 Å². The van der Waals surface area contributed by atoms with E-state index in [1.165, 1.54) is 49.5 Å². The van der Waals surface area contributed by atoms with Crippen molar-refractivity contribution in [1.82, 2.24) is 4.90 Å². The molecule has 24 heavy (non-hydrogen) atoms.